The molecule has 574 valence electrons. The summed E-state index contributed by atoms with van der Waals surface area (Å²) in [7, 11) is 0. The van der Waals surface area contributed by atoms with Crippen LogP contribution in [0.25, 0.3) is 0 Å². The van der Waals surface area contributed by atoms with Crippen LogP contribution in [-0.4, -0.2) is 174 Å². The highest BCUT2D eigenvalue weighted by Gasteiger charge is 2.55. The third-order valence-corrected chi connectivity index (χ3v) is 20.0. The smallest absolute Gasteiger partial charge is 0.338 e. The first-order valence-corrected chi connectivity index (χ1v) is 37.0. The minimum absolute atomic E-state index is 0.0181. The van der Waals surface area contributed by atoms with E-state index in [9.17, 15) is 33.6 Å². The van der Waals surface area contributed by atoms with Crippen LogP contribution >= 0.6 is 0 Å². The molecule has 9 aromatic rings. The van der Waals surface area contributed by atoms with Crippen LogP contribution in [0.3, 0.4) is 0 Å². The minimum atomic E-state index is -1.69. The third kappa shape index (κ3) is 19.6. The Morgan fingerprint density at radius 2 is 0.532 bits per heavy atom. The molecule has 9 aromatic carbocycles. The number of esters is 7. The molecule has 4 aliphatic rings. The fourth-order valence-corrected chi connectivity index (χ4v) is 13.9. The Labute approximate surface area is 643 Å². The third-order valence-electron chi connectivity index (χ3n) is 20.0. The number of hydrogen-bond acceptors (Lipinski definition) is 23. The topological polar surface area (TPSA) is 255 Å². The van der Waals surface area contributed by atoms with Crippen molar-refractivity contribution in [2.75, 3.05) is 62.5 Å². The Kier molecular flexibility index (Phi) is 26.5. The zero-order valence-electron chi connectivity index (χ0n) is 61.3. The molecule has 0 amide bonds. The van der Waals surface area contributed by atoms with E-state index in [4.69, 9.17) is 66.3 Å². The Balaban J connectivity index is 0.829. The van der Waals surface area contributed by atoms with Crippen molar-refractivity contribution >= 4 is 53.2 Å². The predicted octanol–water partition coefficient (Wildman–Crippen LogP) is 12.7. The second-order valence-corrected chi connectivity index (χ2v) is 27.2. The molecule has 0 unspecified atom stereocenters. The molecule has 0 aliphatic carbocycles. The summed E-state index contributed by atoms with van der Waals surface area (Å²) in [5, 5.41) is 0. The van der Waals surface area contributed by atoms with Gasteiger partial charge in [0, 0.05) is 42.2 Å². The summed E-state index contributed by atoms with van der Waals surface area (Å²) in [6.45, 7) is 5.35. The number of hydrogen-bond donors (Lipinski definition) is 0. The van der Waals surface area contributed by atoms with E-state index in [0.29, 0.717) is 0 Å². The quantitative estimate of drug-likeness (QED) is 0.0240. The van der Waals surface area contributed by atoms with Crippen molar-refractivity contribution in [3.8, 4) is 0 Å². The number of carbonyl (C=O) groups excluding carboxylic acids is 7. The van der Waals surface area contributed by atoms with Gasteiger partial charge in [-0.05, 0) is 109 Å². The summed E-state index contributed by atoms with van der Waals surface area (Å²) in [4.78, 5) is 105. The molecular formula is C88H86N2O21. The average molecular weight is 1510 g/mol. The molecule has 0 aromatic heterocycles. The van der Waals surface area contributed by atoms with E-state index >= 15 is 0 Å². The van der Waals surface area contributed by atoms with Crippen LogP contribution in [-0.2, 0) is 66.3 Å². The van der Waals surface area contributed by atoms with Gasteiger partial charge in [0.15, 0.2) is 37.2 Å². The van der Waals surface area contributed by atoms with Crippen LogP contribution in [0.2, 0.25) is 0 Å². The number of nitrogens with zero attached hydrogens (tertiary/aromatic N) is 2. The highest BCUT2D eigenvalue weighted by Crippen LogP contribution is 2.39. The standard InChI is InChI=1S/C88H86N2O21/c1-57-69(53-100-79(91)60-31-13-4-14-32-60)104-87(77(110-84(96)65-41-23-9-24-42-65)74(57)107-81(93)62-35-17-6-18-36-62)102-55-71-59(3)75(108-82(94)63-37-19-7-20-38-63)78(111-85(97)66-43-25-10-26-44-66)88(105-71)101-54-70-58(2)73(106-80(92)61-33-15-5-16-34-61)76(109-83(95)64-39-21-8-22-40-64)86(103-70)99-52-51-98-56-72-89(67-45-27-11-28-46-67)49-50-90(72)68-47-29-12-30-48-68/h4-48,57-59,69-78,86-88H,49-56H2,1-3H3/t57-,58-,59-,69-,70-,71-,73+,74+,75+,76-,77-,78-,86-,87-,88-/m1/s1. The van der Waals surface area contributed by atoms with Crippen LogP contribution in [0.5, 0.6) is 0 Å². The summed E-state index contributed by atoms with van der Waals surface area (Å²) in [6, 6.07) is 77.7. The van der Waals surface area contributed by atoms with E-state index in [1.165, 1.54) is 0 Å². The number of anilines is 2. The van der Waals surface area contributed by atoms with E-state index in [1.54, 1.807) is 233 Å². The molecule has 0 radical (unpaired) electrons. The number of carbonyl (C=O) groups is 7. The van der Waals surface area contributed by atoms with E-state index in [1.807, 2.05) is 36.4 Å². The van der Waals surface area contributed by atoms with Gasteiger partial charge in [-0.25, -0.2) is 33.6 Å². The fraction of sp³-hybridized carbons (Fsp3) is 0.307. The molecule has 111 heavy (non-hydrogen) atoms. The van der Waals surface area contributed by atoms with Gasteiger partial charge in [-0.1, -0.05) is 185 Å². The van der Waals surface area contributed by atoms with Crippen LogP contribution in [0.4, 0.5) is 11.4 Å². The average Bonchev–Trinajstić information content (AvgIpc) is 1.33. The van der Waals surface area contributed by atoms with Gasteiger partial charge in [0.25, 0.3) is 0 Å². The molecule has 0 spiro atoms. The normalized spacial score (nSPS) is 24.4. The summed E-state index contributed by atoms with van der Waals surface area (Å²) < 4.78 is 91.9. The van der Waals surface area contributed by atoms with Gasteiger partial charge in [-0.3, -0.25) is 0 Å². The van der Waals surface area contributed by atoms with Gasteiger partial charge in [-0.15, -0.1) is 0 Å². The maximum atomic E-state index is 14.6. The number of rotatable bonds is 29. The molecule has 0 saturated carbocycles. The molecular weight excluding hydrogens is 1420 g/mol. The number of para-hydroxylation sites is 2. The molecule has 4 fully saturated rings. The van der Waals surface area contributed by atoms with E-state index in [2.05, 4.69) is 34.1 Å². The first kappa shape index (κ1) is 77.7. The molecule has 0 N–H and O–H groups in total. The maximum Gasteiger partial charge on any atom is 0.338 e. The Bertz CT molecular complexity index is 4440. The summed E-state index contributed by atoms with van der Waals surface area (Å²) >= 11 is 0. The first-order valence-electron chi connectivity index (χ1n) is 37.0. The van der Waals surface area contributed by atoms with Gasteiger partial charge in [0.1, 0.15) is 37.2 Å². The van der Waals surface area contributed by atoms with Gasteiger partial charge >= 0.3 is 41.8 Å². The van der Waals surface area contributed by atoms with Gasteiger partial charge in [0.2, 0.25) is 0 Å². The zero-order chi connectivity index (χ0) is 77.0. The molecule has 4 heterocycles. The molecule has 4 aliphatic heterocycles. The first-order chi connectivity index (χ1) is 54.2. The van der Waals surface area contributed by atoms with Crippen LogP contribution in [0.15, 0.2) is 273 Å². The molecule has 0 bridgehead atoms. The molecule has 4 saturated heterocycles. The van der Waals surface area contributed by atoms with Crippen molar-refractivity contribution < 1.29 is 99.9 Å². The van der Waals surface area contributed by atoms with Gasteiger partial charge in [-0.2, -0.15) is 0 Å². The summed E-state index contributed by atoms with van der Waals surface area (Å²) in [5.41, 5.74) is 3.30. The van der Waals surface area contributed by atoms with Crippen molar-refractivity contribution in [2.24, 2.45) is 17.8 Å². The molecule has 15 atom stereocenters. The Morgan fingerprint density at radius 3 is 0.820 bits per heavy atom. The minimum Gasteiger partial charge on any atom is -0.459 e. The Hall–Kier alpha value is -11.4. The lowest BCUT2D eigenvalue weighted by molar-refractivity contribution is -0.329. The zero-order valence-corrected chi connectivity index (χ0v) is 61.3. The predicted molar refractivity (Wildman–Crippen MR) is 404 cm³/mol. The summed E-state index contributed by atoms with van der Waals surface area (Å²) in [5.74, 6) is -8.18. The second-order valence-electron chi connectivity index (χ2n) is 27.2. The van der Waals surface area contributed by atoms with Crippen molar-refractivity contribution in [3.05, 3.63) is 312 Å². The maximum absolute atomic E-state index is 14.6. The van der Waals surface area contributed by atoms with Gasteiger partial charge < -0.3 is 76.1 Å². The lowest BCUT2D eigenvalue weighted by Gasteiger charge is -2.47. The van der Waals surface area contributed by atoms with Crippen LogP contribution in [0, 0.1) is 17.8 Å². The number of benzene rings is 9. The van der Waals surface area contributed by atoms with E-state index in [0.717, 1.165) is 24.5 Å². The molecule has 23 heteroatoms. The van der Waals surface area contributed by atoms with Crippen molar-refractivity contribution in [2.45, 2.75) is 101 Å². The van der Waals surface area contributed by atoms with Gasteiger partial charge in [0.05, 0.1) is 84.2 Å². The van der Waals surface area contributed by atoms with Crippen LogP contribution < -0.4 is 9.80 Å². The lowest BCUT2D eigenvalue weighted by Crippen LogP contribution is -2.61. The molecule has 13 rings (SSSR count). The van der Waals surface area contributed by atoms with Crippen LogP contribution in [0.1, 0.15) is 93.3 Å². The number of ether oxygens (including phenoxy) is 14. The largest absolute Gasteiger partial charge is 0.459 e. The second kappa shape index (κ2) is 37.8. The summed E-state index contributed by atoms with van der Waals surface area (Å²) in [6.07, 6.45) is -17.1. The van der Waals surface area contributed by atoms with E-state index in [-0.39, 0.29) is 64.9 Å². The molecule has 23 nitrogen and oxygen atoms in total. The fourth-order valence-electron chi connectivity index (χ4n) is 13.9. The highest BCUT2D eigenvalue weighted by atomic mass is 16.8. The van der Waals surface area contributed by atoms with E-state index < -0.39 is 153 Å². The van der Waals surface area contributed by atoms with Crippen molar-refractivity contribution in [1.82, 2.24) is 0 Å². The lowest BCUT2D eigenvalue weighted by atomic mass is 9.89. The van der Waals surface area contributed by atoms with Crippen molar-refractivity contribution in [1.29, 1.82) is 0 Å². The highest BCUT2D eigenvalue weighted by molar-refractivity contribution is 5.93. The van der Waals surface area contributed by atoms with Crippen molar-refractivity contribution in [3.63, 3.8) is 0 Å². The SMILES string of the molecule is C[C@H]1[C@H](OC(=O)c2ccccc2)[C@@H](OC(=O)c2ccccc2)[C@H](OC[C@H]2O[C@@H](OC[C@H]3O[C@@H](OCCOCC4N(c5ccccc5)CCN4c4ccccc4)[C@H](OC(=O)c4ccccc4)[C@@H](OC(=O)c4ccccc4)[C@@H]3C)[C@H](OC(=O)c3ccccc3)[C@@H](OC(=O)c3ccccc3)[C@@H]2C)O[C@@H]1COC(=O)c1ccccc1. The monoisotopic (exact) mass is 1510 g/mol. The Morgan fingerprint density at radius 1 is 0.288 bits per heavy atom.